The van der Waals surface area contributed by atoms with Gasteiger partial charge in [0.05, 0.1) is 5.39 Å². The molecule has 1 heterocycles. The third-order valence-electron chi connectivity index (χ3n) is 2.56. The lowest BCUT2D eigenvalue weighted by atomic mass is 10.2. The summed E-state index contributed by atoms with van der Waals surface area (Å²) in [5.74, 6) is 0.422. The Morgan fingerprint density at radius 3 is 2.65 bits per heavy atom. The van der Waals surface area contributed by atoms with Crippen molar-refractivity contribution in [1.82, 2.24) is 5.16 Å². The maximum absolute atomic E-state index is 5.65. The van der Waals surface area contributed by atoms with Crippen molar-refractivity contribution < 1.29 is 4.52 Å². The van der Waals surface area contributed by atoms with Gasteiger partial charge < -0.3 is 15.6 Å². The Morgan fingerprint density at radius 1 is 1.00 bits per heavy atom. The molecule has 0 aliphatic rings. The summed E-state index contributed by atoms with van der Waals surface area (Å²) in [4.78, 5) is 0. The summed E-state index contributed by atoms with van der Waals surface area (Å²) in [6, 6.07) is 15.7. The van der Waals surface area contributed by atoms with Crippen molar-refractivity contribution in [2.24, 2.45) is 0 Å². The molecule has 0 amide bonds. The van der Waals surface area contributed by atoms with Gasteiger partial charge in [-0.2, -0.15) is 0 Å². The van der Waals surface area contributed by atoms with Gasteiger partial charge in [-0.25, -0.2) is 0 Å². The second kappa shape index (κ2) is 3.83. The number of nitrogens with zero attached hydrogens (tertiary/aromatic N) is 1. The van der Waals surface area contributed by atoms with Crippen molar-refractivity contribution in [3.05, 3.63) is 48.5 Å². The second-order valence-corrected chi connectivity index (χ2v) is 3.77. The van der Waals surface area contributed by atoms with Gasteiger partial charge >= 0.3 is 0 Å². The van der Waals surface area contributed by atoms with Crippen LogP contribution in [0.4, 0.5) is 17.2 Å². The lowest BCUT2D eigenvalue weighted by Gasteiger charge is -2.05. The fraction of sp³-hybridized carbons (Fsp3) is 0. The summed E-state index contributed by atoms with van der Waals surface area (Å²) < 4.78 is 5.11. The smallest absolute Gasteiger partial charge is 0.174 e. The minimum Gasteiger partial charge on any atom is -0.380 e. The van der Waals surface area contributed by atoms with Crippen molar-refractivity contribution in [1.29, 1.82) is 0 Å². The number of nitrogen functional groups attached to an aromatic ring is 1. The van der Waals surface area contributed by atoms with Crippen LogP contribution in [0, 0.1) is 0 Å². The van der Waals surface area contributed by atoms with E-state index in [9.17, 15) is 0 Å². The van der Waals surface area contributed by atoms with E-state index in [2.05, 4.69) is 10.5 Å². The molecule has 2 aromatic carbocycles. The van der Waals surface area contributed by atoms with Crippen molar-refractivity contribution in [3.8, 4) is 0 Å². The highest BCUT2D eigenvalue weighted by atomic mass is 16.5. The third-order valence-corrected chi connectivity index (χ3v) is 2.56. The minimum atomic E-state index is 0.422. The molecule has 4 heteroatoms. The van der Waals surface area contributed by atoms with E-state index in [-0.39, 0.29) is 0 Å². The first-order valence-electron chi connectivity index (χ1n) is 5.30. The molecule has 3 rings (SSSR count). The SMILES string of the molecule is Nc1noc2cc(Nc3ccccc3)ccc12. The Kier molecular flexibility index (Phi) is 2.19. The first-order chi connectivity index (χ1) is 8.33. The average Bonchev–Trinajstić information content (AvgIpc) is 2.72. The number of hydrogen-bond donors (Lipinski definition) is 2. The van der Waals surface area contributed by atoms with Gasteiger partial charge in [0.25, 0.3) is 0 Å². The van der Waals surface area contributed by atoms with Crippen LogP contribution in [0.5, 0.6) is 0 Å². The van der Waals surface area contributed by atoms with Crippen molar-refractivity contribution >= 4 is 28.2 Å². The van der Waals surface area contributed by atoms with Gasteiger partial charge in [0, 0.05) is 17.4 Å². The maximum atomic E-state index is 5.65. The molecule has 0 aliphatic carbocycles. The summed E-state index contributed by atoms with van der Waals surface area (Å²) in [6.07, 6.45) is 0. The zero-order valence-corrected chi connectivity index (χ0v) is 9.05. The molecule has 0 spiro atoms. The molecule has 0 saturated heterocycles. The molecule has 0 fully saturated rings. The van der Waals surface area contributed by atoms with E-state index >= 15 is 0 Å². The first kappa shape index (κ1) is 9.72. The zero-order valence-electron chi connectivity index (χ0n) is 9.05. The number of benzene rings is 2. The number of aromatic nitrogens is 1. The molecule has 0 saturated carbocycles. The third kappa shape index (κ3) is 1.80. The Labute approximate surface area is 98.0 Å². The first-order valence-corrected chi connectivity index (χ1v) is 5.30. The van der Waals surface area contributed by atoms with Gasteiger partial charge in [0.15, 0.2) is 11.4 Å². The van der Waals surface area contributed by atoms with E-state index in [0.29, 0.717) is 11.4 Å². The molecular weight excluding hydrogens is 214 g/mol. The second-order valence-electron chi connectivity index (χ2n) is 3.77. The molecule has 0 bridgehead atoms. The van der Waals surface area contributed by atoms with Crippen molar-refractivity contribution in [2.45, 2.75) is 0 Å². The summed E-state index contributed by atoms with van der Waals surface area (Å²) in [5.41, 5.74) is 8.31. The summed E-state index contributed by atoms with van der Waals surface area (Å²) in [6.45, 7) is 0. The zero-order chi connectivity index (χ0) is 11.7. The maximum Gasteiger partial charge on any atom is 0.174 e. The lowest BCUT2D eigenvalue weighted by Crippen LogP contribution is -1.89. The van der Waals surface area contributed by atoms with Crippen LogP contribution in [0.15, 0.2) is 53.1 Å². The molecule has 0 radical (unpaired) electrons. The quantitative estimate of drug-likeness (QED) is 0.703. The van der Waals surface area contributed by atoms with Gasteiger partial charge in [0.1, 0.15) is 0 Å². The van der Waals surface area contributed by atoms with Gasteiger partial charge in [-0.05, 0) is 24.3 Å². The fourth-order valence-electron chi connectivity index (χ4n) is 1.72. The number of hydrogen-bond acceptors (Lipinski definition) is 4. The predicted molar refractivity (Wildman–Crippen MR) is 68.1 cm³/mol. The monoisotopic (exact) mass is 225 g/mol. The van der Waals surface area contributed by atoms with Crippen LogP contribution < -0.4 is 11.1 Å². The van der Waals surface area contributed by atoms with Crippen molar-refractivity contribution in [3.63, 3.8) is 0 Å². The van der Waals surface area contributed by atoms with E-state index in [4.69, 9.17) is 10.3 Å². The molecular formula is C13H11N3O. The predicted octanol–water partition coefficient (Wildman–Crippen LogP) is 3.15. The molecule has 0 atom stereocenters. The molecule has 1 aromatic heterocycles. The van der Waals surface area contributed by atoms with Crippen LogP contribution in [0.2, 0.25) is 0 Å². The largest absolute Gasteiger partial charge is 0.380 e. The topological polar surface area (TPSA) is 64.1 Å². The van der Waals surface area contributed by atoms with Gasteiger partial charge in [-0.15, -0.1) is 0 Å². The Bertz CT molecular complexity index is 646. The minimum absolute atomic E-state index is 0.422. The Hall–Kier alpha value is -2.49. The number of fused-ring (bicyclic) bond motifs is 1. The highest BCUT2D eigenvalue weighted by molar-refractivity contribution is 5.89. The average molecular weight is 225 g/mol. The molecule has 17 heavy (non-hydrogen) atoms. The van der Waals surface area contributed by atoms with Gasteiger partial charge in [0.2, 0.25) is 0 Å². The molecule has 4 nitrogen and oxygen atoms in total. The highest BCUT2D eigenvalue weighted by Crippen LogP contribution is 2.25. The number of nitrogens with two attached hydrogens (primary N) is 1. The van der Waals surface area contributed by atoms with E-state index in [1.54, 1.807) is 0 Å². The molecule has 3 aromatic rings. The number of para-hydroxylation sites is 1. The fourth-order valence-corrected chi connectivity index (χ4v) is 1.72. The highest BCUT2D eigenvalue weighted by Gasteiger charge is 2.05. The van der Waals surface area contributed by atoms with Crippen LogP contribution in [-0.4, -0.2) is 5.16 Å². The van der Waals surface area contributed by atoms with Gasteiger partial charge in [-0.1, -0.05) is 23.4 Å². The van der Waals surface area contributed by atoms with E-state index in [1.165, 1.54) is 0 Å². The van der Waals surface area contributed by atoms with Gasteiger partial charge in [-0.3, -0.25) is 0 Å². The van der Waals surface area contributed by atoms with Crippen LogP contribution >= 0.6 is 0 Å². The van der Waals surface area contributed by atoms with E-state index in [1.807, 2.05) is 48.5 Å². The Morgan fingerprint density at radius 2 is 1.82 bits per heavy atom. The number of anilines is 3. The number of nitrogens with one attached hydrogen (secondary N) is 1. The molecule has 3 N–H and O–H groups in total. The molecule has 84 valence electrons. The Balaban J connectivity index is 1.96. The van der Waals surface area contributed by atoms with Crippen molar-refractivity contribution in [2.75, 3.05) is 11.1 Å². The summed E-state index contributed by atoms with van der Waals surface area (Å²) >= 11 is 0. The summed E-state index contributed by atoms with van der Waals surface area (Å²) in [7, 11) is 0. The van der Waals surface area contributed by atoms with Crippen LogP contribution in [0.1, 0.15) is 0 Å². The van der Waals surface area contributed by atoms with Crippen LogP contribution in [0.3, 0.4) is 0 Å². The summed E-state index contributed by atoms with van der Waals surface area (Å²) in [5, 5.41) is 7.83. The van der Waals surface area contributed by atoms with E-state index in [0.717, 1.165) is 16.8 Å². The van der Waals surface area contributed by atoms with E-state index < -0.39 is 0 Å². The molecule has 0 unspecified atom stereocenters. The lowest BCUT2D eigenvalue weighted by molar-refractivity contribution is 0.460. The van der Waals surface area contributed by atoms with Crippen LogP contribution in [-0.2, 0) is 0 Å². The normalized spacial score (nSPS) is 10.6. The molecule has 0 aliphatic heterocycles. The van der Waals surface area contributed by atoms with Crippen LogP contribution in [0.25, 0.3) is 11.0 Å². The standard InChI is InChI=1S/C13H11N3O/c14-13-11-7-6-10(8-12(11)17-16-13)15-9-4-2-1-3-5-9/h1-8,15H,(H2,14,16). The number of rotatable bonds is 2.